The van der Waals surface area contributed by atoms with Gasteiger partial charge in [-0.05, 0) is 38.8 Å². The van der Waals surface area contributed by atoms with Crippen LogP contribution in [-0.2, 0) is 4.74 Å². The molecule has 3 atom stereocenters. The Labute approximate surface area is 107 Å². The number of rotatable bonds is 8. The number of ether oxygens (including phenoxy) is 1. The molecule has 1 rings (SSSR count). The fourth-order valence-corrected chi connectivity index (χ4v) is 2.82. The van der Waals surface area contributed by atoms with E-state index >= 15 is 0 Å². The molecule has 0 radical (unpaired) electrons. The Morgan fingerprint density at radius 2 is 2.00 bits per heavy atom. The third-order valence-corrected chi connectivity index (χ3v) is 3.93. The van der Waals surface area contributed by atoms with E-state index in [1.54, 1.807) is 7.11 Å². The van der Waals surface area contributed by atoms with Crippen molar-refractivity contribution in [2.24, 2.45) is 5.92 Å². The van der Waals surface area contributed by atoms with Gasteiger partial charge in [0.05, 0.1) is 6.61 Å². The number of methoxy groups -OCH3 is 1. The van der Waals surface area contributed by atoms with Crippen LogP contribution in [0.25, 0.3) is 0 Å². The molecule has 0 amide bonds. The molecule has 0 aliphatic heterocycles. The van der Waals surface area contributed by atoms with E-state index in [1.165, 1.54) is 19.4 Å². The average molecular weight is 242 g/mol. The summed E-state index contributed by atoms with van der Waals surface area (Å²) in [7, 11) is 1.79. The Kier molecular flexibility index (Phi) is 6.45. The molecule has 0 heterocycles. The molecule has 3 nitrogen and oxygen atoms in total. The minimum atomic E-state index is 0.539. The van der Waals surface area contributed by atoms with Gasteiger partial charge in [-0.1, -0.05) is 20.8 Å². The number of nitrogens with one attached hydrogen (secondary N) is 1. The summed E-state index contributed by atoms with van der Waals surface area (Å²) in [6.45, 7) is 12.1. The summed E-state index contributed by atoms with van der Waals surface area (Å²) in [5.74, 6) is 0.830. The van der Waals surface area contributed by atoms with E-state index in [0.717, 1.165) is 25.1 Å². The summed E-state index contributed by atoms with van der Waals surface area (Å²) < 4.78 is 5.28. The average Bonchev–Trinajstić information content (AvgIpc) is 2.23. The molecule has 1 fully saturated rings. The van der Waals surface area contributed by atoms with Crippen molar-refractivity contribution in [3.8, 4) is 0 Å². The van der Waals surface area contributed by atoms with Crippen molar-refractivity contribution in [1.82, 2.24) is 10.2 Å². The molecule has 1 N–H and O–H groups in total. The highest BCUT2D eigenvalue weighted by Gasteiger charge is 2.36. The Morgan fingerprint density at radius 1 is 1.29 bits per heavy atom. The van der Waals surface area contributed by atoms with Crippen molar-refractivity contribution in [2.45, 2.75) is 58.7 Å². The van der Waals surface area contributed by atoms with Crippen LogP contribution in [0.15, 0.2) is 0 Å². The van der Waals surface area contributed by atoms with Gasteiger partial charge in [0.25, 0.3) is 0 Å². The molecule has 1 aliphatic rings. The van der Waals surface area contributed by atoms with Gasteiger partial charge in [0, 0.05) is 25.2 Å². The molecular formula is C14H30N2O. The topological polar surface area (TPSA) is 24.5 Å². The van der Waals surface area contributed by atoms with Gasteiger partial charge >= 0.3 is 0 Å². The second-order valence-corrected chi connectivity index (χ2v) is 5.60. The standard InChI is InChI=1S/C14H30N2O/c1-6-16(12(4)10-17-5)14-8-7-13(14)9-15-11(2)3/h11-15H,6-10H2,1-5H3. The van der Waals surface area contributed by atoms with Crippen LogP contribution in [0.1, 0.15) is 40.5 Å². The SMILES string of the molecule is CCN(C(C)COC)C1CCC1CNC(C)C. The lowest BCUT2D eigenvalue weighted by atomic mass is 9.77. The van der Waals surface area contributed by atoms with E-state index < -0.39 is 0 Å². The highest BCUT2D eigenvalue weighted by Crippen LogP contribution is 2.32. The first-order valence-electron chi connectivity index (χ1n) is 7.08. The minimum absolute atomic E-state index is 0.539. The molecule has 0 saturated heterocycles. The van der Waals surface area contributed by atoms with Crippen LogP contribution >= 0.6 is 0 Å². The Hall–Kier alpha value is -0.120. The number of nitrogens with zero attached hydrogens (tertiary/aromatic N) is 1. The van der Waals surface area contributed by atoms with E-state index in [2.05, 4.69) is 37.9 Å². The molecule has 0 aromatic rings. The minimum Gasteiger partial charge on any atom is -0.383 e. The molecule has 1 aliphatic carbocycles. The molecule has 0 bridgehead atoms. The predicted molar refractivity (Wildman–Crippen MR) is 73.4 cm³/mol. The molecule has 102 valence electrons. The molecule has 3 heteroatoms. The zero-order chi connectivity index (χ0) is 12.8. The summed E-state index contributed by atoms with van der Waals surface area (Å²) in [5, 5.41) is 3.57. The van der Waals surface area contributed by atoms with Crippen LogP contribution in [0.3, 0.4) is 0 Å². The Bertz CT molecular complexity index is 208. The van der Waals surface area contributed by atoms with Gasteiger partial charge in [-0.15, -0.1) is 0 Å². The van der Waals surface area contributed by atoms with E-state index in [1.807, 2.05) is 0 Å². The smallest absolute Gasteiger partial charge is 0.0615 e. The zero-order valence-corrected chi connectivity index (χ0v) is 12.2. The van der Waals surface area contributed by atoms with Crippen molar-refractivity contribution in [3.05, 3.63) is 0 Å². The lowest BCUT2D eigenvalue weighted by Gasteiger charge is -2.47. The Morgan fingerprint density at radius 3 is 2.41 bits per heavy atom. The molecule has 1 saturated carbocycles. The van der Waals surface area contributed by atoms with E-state index in [-0.39, 0.29) is 0 Å². The van der Waals surface area contributed by atoms with Gasteiger partial charge in [-0.2, -0.15) is 0 Å². The molecule has 3 unspecified atom stereocenters. The second-order valence-electron chi connectivity index (χ2n) is 5.60. The highest BCUT2D eigenvalue weighted by atomic mass is 16.5. The van der Waals surface area contributed by atoms with E-state index in [4.69, 9.17) is 4.74 Å². The summed E-state index contributed by atoms with van der Waals surface area (Å²) >= 11 is 0. The first kappa shape index (κ1) is 14.9. The van der Waals surface area contributed by atoms with Crippen LogP contribution in [0.4, 0.5) is 0 Å². The van der Waals surface area contributed by atoms with Gasteiger partial charge in [0.1, 0.15) is 0 Å². The predicted octanol–water partition coefficient (Wildman–Crippen LogP) is 2.12. The van der Waals surface area contributed by atoms with Crippen molar-refractivity contribution in [3.63, 3.8) is 0 Å². The summed E-state index contributed by atoms with van der Waals surface area (Å²) in [5.41, 5.74) is 0. The quantitative estimate of drug-likeness (QED) is 0.705. The van der Waals surface area contributed by atoms with Crippen molar-refractivity contribution in [2.75, 3.05) is 26.8 Å². The highest BCUT2D eigenvalue weighted by molar-refractivity contribution is 4.91. The number of hydrogen-bond acceptors (Lipinski definition) is 3. The van der Waals surface area contributed by atoms with E-state index in [0.29, 0.717) is 12.1 Å². The summed E-state index contributed by atoms with van der Waals surface area (Å²) in [6, 6.07) is 1.90. The zero-order valence-electron chi connectivity index (χ0n) is 12.2. The second kappa shape index (κ2) is 7.34. The van der Waals surface area contributed by atoms with Gasteiger partial charge in [0.2, 0.25) is 0 Å². The van der Waals surface area contributed by atoms with Crippen LogP contribution in [0.5, 0.6) is 0 Å². The maximum Gasteiger partial charge on any atom is 0.0615 e. The van der Waals surface area contributed by atoms with Gasteiger partial charge in [-0.25, -0.2) is 0 Å². The first-order valence-corrected chi connectivity index (χ1v) is 7.08. The molecular weight excluding hydrogens is 212 g/mol. The van der Waals surface area contributed by atoms with Crippen LogP contribution in [-0.4, -0.2) is 49.8 Å². The Balaban J connectivity index is 2.41. The lowest BCUT2D eigenvalue weighted by molar-refractivity contribution is 0.00743. The summed E-state index contributed by atoms with van der Waals surface area (Å²) in [4.78, 5) is 2.61. The van der Waals surface area contributed by atoms with Crippen LogP contribution in [0.2, 0.25) is 0 Å². The maximum absolute atomic E-state index is 5.28. The fraction of sp³-hybridized carbons (Fsp3) is 1.00. The van der Waals surface area contributed by atoms with Crippen molar-refractivity contribution in [1.29, 1.82) is 0 Å². The van der Waals surface area contributed by atoms with Crippen LogP contribution < -0.4 is 5.32 Å². The molecule has 17 heavy (non-hydrogen) atoms. The van der Waals surface area contributed by atoms with Gasteiger partial charge in [-0.3, -0.25) is 4.90 Å². The van der Waals surface area contributed by atoms with Gasteiger partial charge < -0.3 is 10.1 Å². The summed E-state index contributed by atoms with van der Waals surface area (Å²) in [6.07, 6.45) is 2.73. The van der Waals surface area contributed by atoms with Gasteiger partial charge in [0.15, 0.2) is 0 Å². The first-order chi connectivity index (χ1) is 8.10. The lowest BCUT2D eigenvalue weighted by Crippen LogP contribution is -2.54. The third kappa shape index (κ3) is 4.23. The monoisotopic (exact) mass is 242 g/mol. The number of hydrogen-bond donors (Lipinski definition) is 1. The molecule has 0 spiro atoms. The largest absolute Gasteiger partial charge is 0.383 e. The van der Waals surface area contributed by atoms with Crippen molar-refractivity contribution < 1.29 is 4.74 Å². The number of likely N-dealkylation sites (N-methyl/N-ethyl adjacent to an activating group) is 1. The normalized spacial score (nSPS) is 26.3. The van der Waals surface area contributed by atoms with Crippen LogP contribution in [0, 0.1) is 5.92 Å². The molecule has 0 aromatic carbocycles. The fourth-order valence-electron chi connectivity index (χ4n) is 2.82. The maximum atomic E-state index is 5.28. The molecule has 0 aromatic heterocycles. The van der Waals surface area contributed by atoms with Crippen molar-refractivity contribution >= 4 is 0 Å². The van der Waals surface area contributed by atoms with E-state index in [9.17, 15) is 0 Å². The third-order valence-electron chi connectivity index (χ3n) is 3.93.